The Kier molecular flexibility index (Phi) is 9.66. The Balaban J connectivity index is 2.84. The second-order valence-corrected chi connectivity index (χ2v) is 9.68. The highest BCUT2D eigenvalue weighted by Crippen LogP contribution is 2.43. The lowest BCUT2D eigenvalue weighted by Gasteiger charge is -2.34. The van der Waals surface area contributed by atoms with Crippen LogP contribution in [-0.4, -0.2) is 45.9 Å². The number of aliphatic hydroxyl groups is 3. The van der Waals surface area contributed by atoms with Crippen molar-refractivity contribution in [3.8, 4) is 0 Å². The van der Waals surface area contributed by atoms with Crippen LogP contribution in [0.4, 0.5) is 0 Å². The summed E-state index contributed by atoms with van der Waals surface area (Å²) in [6.45, 7) is 12.3. The van der Waals surface area contributed by atoms with Gasteiger partial charge < -0.3 is 20.1 Å². The van der Waals surface area contributed by atoms with E-state index in [1.807, 2.05) is 19.9 Å². The number of hydrogen-bond donors (Lipinski definition) is 3. The number of esters is 1. The van der Waals surface area contributed by atoms with Crippen molar-refractivity contribution in [1.82, 2.24) is 0 Å². The summed E-state index contributed by atoms with van der Waals surface area (Å²) in [4.78, 5) is 25.1. The number of hydrogen-bond acceptors (Lipinski definition) is 6. The Morgan fingerprint density at radius 2 is 1.72 bits per heavy atom. The molecule has 0 saturated carbocycles. The summed E-state index contributed by atoms with van der Waals surface area (Å²) in [6, 6.07) is 0. The predicted octanol–water partition coefficient (Wildman–Crippen LogP) is 4.87. The van der Waals surface area contributed by atoms with Gasteiger partial charge in [-0.2, -0.15) is 0 Å². The number of carbonyl (C=O) groups excluding carboxylic acids is 2. The number of ether oxygens (including phenoxy) is 1. The first-order valence-corrected chi connectivity index (χ1v) is 11.1. The van der Waals surface area contributed by atoms with Crippen molar-refractivity contribution in [2.75, 3.05) is 7.11 Å². The summed E-state index contributed by atoms with van der Waals surface area (Å²) >= 11 is 0. The van der Waals surface area contributed by atoms with Gasteiger partial charge in [0.2, 0.25) is 0 Å². The molecular weight excluding hydrogens is 408 g/mol. The molecule has 0 saturated heterocycles. The molecule has 0 bridgehead atoms. The van der Waals surface area contributed by atoms with Crippen molar-refractivity contribution in [2.24, 2.45) is 5.41 Å². The van der Waals surface area contributed by atoms with Crippen LogP contribution in [0.5, 0.6) is 0 Å². The first-order valence-electron chi connectivity index (χ1n) is 11.1. The van der Waals surface area contributed by atoms with E-state index in [2.05, 4.69) is 6.08 Å². The summed E-state index contributed by atoms with van der Waals surface area (Å²) in [7, 11) is 1.25. The molecular formula is C26H40O6. The Bertz CT molecular complexity index is 850. The molecule has 0 aromatic heterocycles. The fourth-order valence-electron chi connectivity index (χ4n) is 3.78. The van der Waals surface area contributed by atoms with Crippen LogP contribution in [0.15, 0.2) is 45.8 Å². The van der Waals surface area contributed by atoms with Crippen molar-refractivity contribution in [2.45, 2.75) is 92.3 Å². The third kappa shape index (κ3) is 6.66. The zero-order valence-corrected chi connectivity index (χ0v) is 20.8. The highest BCUT2D eigenvalue weighted by atomic mass is 16.5. The zero-order chi connectivity index (χ0) is 24.9. The highest BCUT2D eigenvalue weighted by Gasteiger charge is 2.43. The molecule has 3 N–H and O–H groups in total. The number of aliphatic hydroxyl groups excluding tert-OH is 2. The summed E-state index contributed by atoms with van der Waals surface area (Å²) < 4.78 is 4.81. The van der Waals surface area contributed by atoms with Crippen LogP contribution in [-0.2, 0) is 14.3 Å². The van der Waals surface area contributed by atoms with Crippen LogP contribution in [0.25, 0.3) is 0 Å². The van der Waals surface area contributed by atoms with Crippen molar-refractivity contribution in [3.63, 3.8) is 0 Å². The van der Waals surface area contributed by atoms with E-state index in [-0.39, 0.29) is 22.7 Å². The van der Waals surface area contributed by atoms with Crippen LogP contribution in [0, 0.1) is 5.41 Å². The molecule has 32 heavy (non-hydrogen) atoms. The van der Waals surface area contributed by atoms with E-state index in [1.165, 1.54) is 14.0 Å². The third-order valence-corrected chi connectivity index (χ3v) is 6.54. The molecule has 0 amide bonds. The van der Waals surface area contributed by atoms with Crippen LogP contribution in [0.3, 0.4) is 0 Å². The summed E-state index contributed by atoms with van der Waals surface area (Å²) in [5, 5.41) is 30.1. The molecule has 2 atom stereocenters. The van der Waals surface area contributed by atoms with E-state index in [1.54, 1.807) is 27.7 Å². The van der Waals surface area contributed by atoms with E-state index >= 15 is 0 Å². The topological polar surface area (TPSA) is 104 Å². The number of carbonyl (C=O) groups is 2. The number of rotatable bonds is 10. The van der Waals surface area contributed by atoms with Crippen LogP contribution < -0.4 is 0 Å². The van der Waals surface area contributed by atoms with Gasteiger partial charge in [-0.05, 0) is 86.1 Å². The summed E-state index contributed by atoms with van der Waals surface area (Å²) in [5.74, 6) is -1.13. The Morgan fingerprint density at radius 1 is 1.16 bits per heavy atom. The molecule has 0 aliphatic heterocycles. The van der Waals surface area contributed by atoms with Gasteiger partial charge in [-0.1, -0.05) is 23.3 Å². The summed E-state index contributed by atoms with van der Waals surface area (Å²) in [5.41, 5.74) is 1.04. The molecule has 180 valence electrons. The van der Waals surface area contributed by atoms with Gasteiger partial charge in [-0.15, -0.1) is 0 Å². The molecule has 1 aliphatic rings. The zero-order valence-electron chi connectivity index (χ0n) is 20.8. The minimum atomic E-state index is -1.10. The standard InChI is InChI=1S/C26H40O6/c1-16(12-13-20(27)25(5,6)31)10-9-11-17(2)14-15-26(7)19(4)21(24(30)32-8)22(28)18(3)23(26)29/h10,14,20,27-28,31H,9,11-13,15H2,1-8H3. The summed E-state index contributed by atoms with van der Waals surface area (Å²) in [6.07, 6.45) is 6.70. The van der Waals surface area contributed by atoms with E-state index in [4.69, 9.17) is 4.74 Å². The smallest absolute Gasteiger partial charge is 0.341 e. The molecule has 0 radical (unpaired) electrons. The molecule has 1 aliphatic carbocycles. The van der Waals surface area contributed by atoms with Gasteiger partial charge >= 0.3 is 5.97 Å². The average molecular weight is 449 g/mol. The molecule has 0 aromatic rings. The maximum atomic E-state index is 13.0. The number of methoxy groups -OCH3 is 1. The second kappa shape index (κ2) is 11.1. The lowest BCUT2D eigenvalue weighted by molar-refractivity contribution is -0.136. The molecule has 2 unspecified atom stereocenters. The minimum Gasteiger partial charge on any atom is -0.507 e. The van der Waals surface area contributed by atoms with Gasteiger partial charge in [0.15, 0.2) is 5.78 Å². The Morgan fingerprint density at radius 3 is 2.25 bits per heavy atom. The van der Waals surface area contributed by atoms with Gasteiger partial charge in [-0.25, -0.2) is 4.79 Å². The molecule has 6 heteroatoms. The lowest BCUT2D eigenvalue weighted by atomic mass is 9.68. The lowest BCUT2D eigenvalue weighted by Crippen LogP contribution is -2.36. The SMILES string of the molecule is COC(=O)C1=C(C)C(C)(CC=C(C)CCC=C(C)CCC(O)C(C)(C)O)C(=O)C(C)=C1O. The van der Waals surface area contributed by atoms with E-state index in [0.29, 0.717) is 18.4 Å². The van der Waals surface area contributed by atoms with Gasteiger partial charge in [0, 0.05) is 5.57 Å². The van der Waals surface area contributed by atoms with Crippen LogP contribution >= 0.6 is 0 Å². The van der Waals surface area contributed by atoms with Crippen molar-refractivity contribution >= 4 is 11.8 Å². The first-order chi connectivity index (χ1) is 14.7. The number of Topliss-reactive ketones (excluding diaryl/α,β-unsaturated/α-hetero) is 1. The highest BCUT2D eigenvalue weighted by molar-refractivity contribution is 6.08. The third-order valence-electron chi connectivity index (χ3n) is 6.54. The van der Waals surface area contributed by atoms with Crippen molar-refractivity contribution in [3.05, 3.63) is 45.8 Å². The van der Waals surface area contributed by atoms with Gasteiger partial charge in [0.25, 0.3) is 0 Å². The quantitative estimate of drug-likeness (QED) is 0.325. The minimum absolute atomic E-state index is 0.0740. The largest absolute Gasteiger partial charge is 0.507 e. The van der Waals surface area contributed by atoms with Gasteiger partial charge in [-0.3, -0.25) is 4.79 Å². The van der Waals surface area contributed by atoms with Crippen molar-refractivity contribution in [1.29, 1.82) is 0 Å². The maximum absolute atomic E-state index is 13.0. The number of allylic oxidation sites excluding steroid dienone is 6. The Hall–Kier alpha value is -2.18. The van der Waals surface area contributed by atoms with Gasteiger partial charge in [0.1, 0.15) is 11.3 Å². The maximum Gasteiger partial charge on any atom is 0.341 e. The molecule has 6 nitrogen and oxygen atoms in total. The first kappa shape index (κ1) is 27.9. The molecule has 1 rings (SSSR count). The van der Waals surface area contributed by atoms with Gasteiger partial charge in [0.05, 0.1) is 24.2 Å². The Labute approximate surface area is 192 Å². The van der Waals surface area contributed by atoms with Crippen molar-refractivity contribution < 1.29 is 29.6 Å². The normalized spacial score (nSPS) is 21.9. The average Bonchev–Trinajstić information content (AvgIpc) is 2.72. The van der Waals surface area contributed by atoms with E-state index in [9.17, 15) is 24.9 Å². The van der Waals surface area contributed by atoms with Crippen LogP contribution in [0.1, 0.15) is 80.6 Å². The fraction of sp³-hybridized carbons (Fsp3) is 0.615. The number of ketones is 1. The monoisotopic (exact) mass is 448 g/mol. The molecule has 0 spiro atoms. The molecule has 0 heterocycles. The van der Waals surface area contributed by atoms with Crippen LogP contribution in [0.2, 0.25) is 0 Å². The fourth-order valence-corrected chi connectivity index (χ4v) is 3.78. The van der Waals surface area contributed by atoms with E-state index < -0.39 is 23.1 Å². The predicted molar refractivity (Wildman–Crippen MR) is 126 cm³/mol. The molecule has 0 aromatic carbocycles. The molecule has 0 fully saturated rings. The second-order valence-electron chi connectivity index (χ2n) is 9.68. The van der Waals surface area contributed by atoms with E-state index in [0.717, 1.165) is 30.4 Å².